The van der Waals surface area contributed by atoms with E-state index < -0.39 is 11.9 Å². The van der Waals surface area contributed by atoms with Crippen molar-refractivity contribution in [2.45, 2.75) is 25.9 Å². The largest absolute Gasteiger partial charge is 0.481 e. The van der Waals surface area contributed by atoms with Gasteiger partial charge in [0, 0.05) is 17.5 Å². The Morgan fingerprint density at radius 3 is 2.95 bits per heavy atom. The van der Waals surface area contributed by atoms with Crippen LogP contribution in [0.1, 0.15) is 18.2 Å². The van der Waals surface area contributed by atoms with Crippen molar-refractivity contribution in [1.29, 1.82) is 0 Å². The number of thiophene rings is 1. The summed E-state index contributed by atoms with van der Waals surface area (Å²) in [4.78, 5) is 14.6. The first-order chi connectivity index (χ1) is 9.11. The fraction of sp³-hybridized carbons (Fsp3) is 0.615. The Morgan fingerprint density at radius 2 is 2.37 bits per heavy atom. The maximum absolute atomic E-state index is 11.3. The van der Waals surface area contributed by atoms with Gasteiger partial charge in [0.2, 0.25) is 0 Å². The van der Waals surface area contributed by atoms with E-state index in [1.165, 1.54) is 0 Å². The molecule has 6 heteroatoms. The average molecular weight is 304 g/mol. The Bertz CT molecular complexity index is 437. The summed E-state index contributed by atoms with van der Waals surface area (Å²) in [6, 6.07) is 3.84. The predicted molar refractivity (Wildman–Crippen MR) is 75.8 cm³/mol. The first-order valence-corrected chi connectivity index (χ1v) is 7.60. The molecule has 2 heterocycles. The van der Waals surface area contributed by atoms with E-state index in [-0.39, 0.29) is 6.04 Å². The molecule has 1 aromatic heterocycles. The molecule has 106 valence electrons. The standard InChI is InChI=1S/C13H18ClNO3S/c1-2-5-15(6-9-3-4-12(14)19-9)11-8-18-7-10(11)13(16)17/h3-4,10-11H,2,5-8H2,1H3,(H,16,17). The molecular weight excluding hydrogens is 286 g/mol. The molecular formula is C13H18ClNO3S. The first kappa shape index (κ1) is 14.8. The van der Waals surface area contributed by atoms with E-state index in [4.69, 9.17) is 16.3 Å². The van der Waals surface area contributed by atoms with E-state index in [2.05, 4.69) is 11.8 Å². The van der Waals surface area contributed by atoms with E-state index in [0.29, 0.717) is 13.2 Å². The number of carbonyl (C=O) groups is 1. The molecule has 1 N–H and O–H groups in total. The molecule has 0 radical (unpaired) electrons. The lowest BCUT2D eigenvalue weighted by Gasteiger charge is -2.29. The van der Waals surface area contributed by atoms with Crippen LogP contribution in [-0.2, 0) is 16.1 Å². The van der Waals surface area contributed by atoms with Crippen molar-refractivity contribution >= 4 is 28.9 Å². The van der Waals surface area contributed by atoms with Crippen LogP contribution in [0.4, 0.5) is 0 Å². The van der Waals surface area contributed by atoms with Gasteiger partial charge in [-0.1, -0.05) is 18.5 Å². The molecule has 2 unspecified atom stereocenters. The van der Waals surface area contributed by atoms with E-state index >= 15 is 0 Å². The Hall–Kier alpha value is -0.620. The van der Waals surface area contributed by atoms with Gasteiger partial charge in [0.15, 0.2) is 0 Å². The third-order valence-corrected chi connectivity index (χ3v) is 4.55. The molecule has 4 nitrogen and oxygen atoms in total. The third-order valence-electron chi connectivity index (χ3n) is 3.34. The van der Waals surface area contributed by atoms with Gasteiger partial charge in [-0.25, -0.2) is 0 Å². The van der Waals surface area contributed by atoms with Crippen molar-refractivity contribution in [2.75, 3.05) is 19.8 Å². The summed E-state index contributed by atoms with van der Waals surface area (Å²) in [5.41, 5.74) is 0. The second-order valence-electron chi connectivity index (χ2n) is 4.73. The predicted octanol–water partition coefficient (Wildman–Crippen LogP) is 2.71. The maximum Gasteiger partial charge on any atom is 0.310 e. The zero-order valence-electron chi connectivity index (χ0n) is 10.8. The van der Waals surface area contributed by atoms with E-state index in [1.54, 1.807) is 11.3 Å². The van der Waals surface area contributed by atoms with Crippen molar-refractivity contribution in [3.8, 4) is 0 Å². The Kier molecular flexibility index (Phi) is 5.21. The van der Waals surface area contributed by atoms with Crippen LogP contribution in [0.3, 0.4) is 0 Å². The van der Waals surface area contributed by atoms with Crippen LogP contribution in [0.25, 0.3) is 0 Å². The quantitative estimate of drug-likeness (QED) is 0.878. The Labute approximate surface area is 121 Å². The lowest BCUT2D eigenvalue weighted by Crippen LogP contribution is -2.43. The first-order valence-electron chi connectivity index (χ1n) is 6.40. The highest BCUT2D eigenvalue weighted by molar-refractivity contribution is 7.16. The second kappa shape index (κ2) is 6.70. The summed E-state index contributed by atoms with van der Waals surface area (Å²) in [5.74, 6) is -1.20. The minimum Gasteiger partial charge on any atom is -0.481 e. The summed E-state index contributed by atoms with van der Waals surface area (Å²) in [6.45, 7) is 4.51. The number of halogens is 1. The number of carboxylic acids is 1. The van der Waals surface area contributed by atoms with Crippen molar-refractivity contribution in [3.63, 3.8) is 0 Å². The van der Waals surface area contributed by atoms with Gasteiger partial charge in [-0.2, -0.15) is 0 Å². The van der Waals surface area contributed by atoms with Crippen LogP contribution in [0.5, 0.6) is 0 Å². The third kappa shape index (κ3) is 3.69. The monoisotopic (exact) mass is 303 g/mol. The van der Waals surface area contributed by atoms with Crippen molar-refractivity contribution in [3.05, 3.63) is 21.3 Å². The molecule has 0 aliphatic carbocycles. The summed E-state index contributed by atoms with van der Waals surface area (Å²) in [6.07, 6.45) is 0.988. The van der Waals surface area contributed by atoms with Crippen LogP contribution >= 0.6 is 22.9 Å². The van der Waals surface area contributed by atoms with E-state index in [9.17, 15) is 9.90 Å². The molecule has 2 rings (SSSR count). The van der Waals surface area contributed by atoms with Crippen LogP contribution < -0.4 is 0 Å². The van der Waals surface area contributed by atoms with Gasteiger partial charge in [-0.15, -0.1) is 11.3 Å². The van der Waals surface area contributed by atoms with Crippen LogP contribution in [0, 0.1) is 5.92 Å². The van der Waals surface area contributed by atoms with Gasteiger partial charge in [0.1, 0.15) is 0 Å². The van der Waals surface area contributed by atoms with Crippen molar-refractivity contribution < 1.29 is 14.6 Å². The number of ether oxygens (including phenoxy) is 1. The number of rotatable bonds is 6. The zero-order valence-corrected chi connectivity index (χ0v) is 12.4. The summed E-state index contributed by atoms with van der Waals surface area (Å²) in [5, 5.41) is 9.25. The highest BCUT2D eigenvalue weighted by atomic mass is 35.5. The molecule has 0 aromatic carbocycles. The highest BCUT2D eigenvalue weighted by Gasteiger charge is 2.37. The topological polar surface area (TPSA) is 49.8 Å². The molecule has 19 heavy (non-hydrogen) atoms. The average Bonchev–Trinajstić information content (AvgIpc) is 2.97. The number of hydrogen-bond acceptors (Lipinski definition) is 4. The zero-order chi connectivity index (χ0) is 13.8. The van der Waals surface area contributed by atoms with Gasteiger partial charge in [-0.3, -0.25) is 9.69 Å². The normalized spacial score (nSPS) is 23.1. The Balaban J connectivity index is 2.08. The van der Waals surface area contributed by atoms with E-state index in [0.717, 1.165) is 28.7 Å². The molecule has 2 atom stereocenters. The molecule has 0 bridgehead atoms. The number of aliphatic carboxylic acids is 1. The lowest BCUT2D eigenvalue weighted by atomic mass is 10.0. The molecule has 1 aliphatic rings. The SMILES string of the molecule is CCCN(Cc1ccc(Cl)s1)C1COCC1C(=O)O. The molecule has 0 spiro atoms. The van der Waals surface area contributed by atoms with Crippen LogP contribution in [0.2, 0.25) is 4.34 Å². The lowest BCUT2D eigenvalue weighted by molar-refractivity contribution is -0.143. The van der Waals surface area contributed by atoms with Crippen molar-refractivity contribution in [1.82, 2.24) is 4.90 Å². The maximum atomic E-state index is 11.3. The minimum atomic E-state index is -0.771. The van der Waals surface area contributed by atoms with Gasteiger partial charge in [0.05, 0.1) is 23.5 Å². The van der Waals surface area contributed by atoms with Gasteiger partial charge < -0.3 is 9.84 Å². The summed E-state index contributed by atoms with van der Waals surface area (Å²) >= 11 is 7.49. The van der Waals surface area contributed by atoms with Crippen LogP contribution in [-0.4, -0.2) is 41.8 Å². The molecule has 1 aliphatic heterocycles. The van der Waals surface area contributed by atoms with E-state index in [1.807, 2.05) is 12.1 Å². The molecule has 1 saturated heterocycles. The Morgan fingerprint density at radius 1 is 1.58 bits per heavy atom. The van der Waals surface area contributed by atoms with Gasteiger partial charge in [0.25, 0.3) is 0 Å². The molecule has 1 aromatic rings. The van der Waals surface area contributed by atoms with Gasteiger partial charge >= 0.3 is 5.97 Å². The highest BCUT2D eigenvalue weighted by Crippen LogP contribution is 2.26. The molecule has 0 saturated carbocycles. The fourth-order valence-electron chi connectivity index (χ4n) is 2.42. The second-order valence-corrected chi connectivity index (χ2v) is 6.53. The fourth-order valence-corrected chi connectivity index (χ4v) is 3.54. The summed E-state index contributed by atoms with van der Waals surface area (Å²) < 4.78 is 6.12. The number of carboxylic acid groups (broad SMARTS) is 1. The minimum absolute atomic E-state index is 0.0432. The smallest absolute Gasteiger partial charge is 0.310 e. The van der Waals surface area contributed by atoms with Crippen molar-refractivity contribution in [2.24, 2.45) is 5.92 Å². The molecule has 0 amide bonds. The molecule has 1 fully saturated rings. The number of nitrogens with zero attached hydrogens (tertiary/aromatic N) is 1. The van der Waals surface area contributed by atoms with Gasteiger partial charge in [-0.05, 0) is 25.1 Å². The van der Waals surface area contributed by atoms with Crippen LogP contribution in [0.15, 0.2) is 12.1 Å². The summed E-state index contributed by atoms with van der Waals surface area (Å²) in [7, 11) is 0. The number of hydrogen-bond donors (Lipinski definition) is 1.